The summed E-state index contributed by atoms with van der Waals surface area (Å²) in [5.41, 5.74) is -0.759. The normalized spacial score (nSPS) is 22.8. The van der Waals surface area contributed by atoms with Crippen LogP contribution >= 0.6 is 0 Å². The Hall–Kier alpha value is -2.89. The molecule has 1 saturated carbocycles. The topological polar surface area (TPSA) is 91.3 Å². The zero-order valence-corrected chi connectivity index (χ0v) is 17.1. The zero-order chi connectivity index (χ0) is 24.4. The van der Waals surface area contributed by atoms with Crippen LogP contribution < -0.4 is 10.6 Å². The molecular formula is C21H21F6N3O3. The first-order valence-corrected chi connectivity index (χ1v) is 10.1. The van der Waals surface area contributed by atoms with Crippen molar-refractivity contribution in [3.63, 3.8) is 0 Å². The molecule has 6 nitrogen and oxygen atoms in total. The number of nitrogens with zero attached hydrogens (tertiary/aromatic N) is 1. The van der Waals surface area contributed by atoms with Gasteiger partial charge in [0, 0.05) is 17.6 Å². The molecule has 1 unspecified atom stereocenters. The van der Waals surface area contributed by atoms with Crippen molar-refractivity contribution in [2.45, 2.75) is 37.7 Å². The van der Waals surface area contributed by atoms with E-state index in [4.69, 9.17) is 9.90 Å². The Balaban J connectivity index is 0.000000383. The molecule has 1 aromatic carbocycles. The van der Waals surface area contributed by atoms with E-state index in [2.05, 4.69) is 15.6 Å². The standard InChI is InChI=1S/C19H20F3N3O.C2HF3O2/c20-19(21,22)16-3-1-2-14-15(5-7-24-17(14)16)18(26)25-13-8-12(9-13)11-4-6-23-10-11;3-2(4,5)1(6)7/h1-3,5,7,11-13,23H,4,6,8-10H2,(H,25,26);(H,6,7). The lowest BCUT2D eigenvalue weighted by atomic mass is 9.72. The van der Waals surface area contributed by atoms with Crippen LogP contribution in [0.2, 0.25) is 0 Å². The van der Waals surface area contributed by atoms with E-state index in [0.29, 0.717) is 11.8 Å². The van der Waals surface area contributed by atoms with Crippen LogP contribution in [0.25, 0.3) is 10.9 Å². The zero-order valence-electron chi connectivity index (χ0n) is 17.1. The monoisotopic (exact) mass is 477 g/mol. The van der Waals surface area contributed by atoms with Crippen LogP contribution in [0.5, 0.6) is 0 Å². The van der Waals surface area contributed by atoms with Crippen molar-refractivity contribution in [2.24, 2.45) is 11.8 Å². The summed E-state index contributed by atoms with van der Waals surface area (Å²) in [7, 11) is 0. The number of carbonyl (C=O) groups excluding carboxylic acids is 1. The number of aliphatic carboxylic acids is 1. The van der Waals surface area contributed by atoms with E-state index >= 15 is 0 Å². The lowest BCUT2D eigenvalue weighted by Gasteiger charge is -2.39. The Morgan fingerprint density at radius 3 is 2.27 bits per heavy atom. The summed E-state index contributed by atoms with van der Waals surface area (Å²) in [6.07, 6.45) is -5.26. The van der Waals surface area contributed by atoms with Crippen LogP contribution in [-0.4, -0.2) is 47.3 Å². The third-order valence-electron chi connectivity index (χ3n) is 5.84. The first-order chi connectivity index (χ1) is 15.4. The highest BCUT2D eigenvalue weighted by Gasteiger charge is 2.39. The smallest absolute Gasteiger partial charge is 0.475 e. The number of fused-ring (bicyclic) bond motifs is 1. The van der Waals surface area contributed by atoms with Crippen LogP contribution in [0.15, 0.2) is 30.5 Å². The van der Waals surface area contributed by atoms with Gasteiger partial charge in [-0.15, -0.1) is 0 Å². The molecule has 33 heavy (non-hydrogen) atoms. The van der Waals surface area contributed by atoms with Crippen LogP contribution in [0.4, 0.5) is 26.3 Å². The van der Waals surface area contributed by atoms with Gasteiger partial charge in [-0.3, -0.25) is 9.78 Å². The van der Waals surface area contributed by atoms with E-state index in [1.165, 1.54) is 30.8 Å². The third kappa shape index (κ3) is 5.92. The number of rotatable bonds is 3. The number of alkyl halides is 6. The molecular weight excluding hydrogens is 456 g/mol. The van der Waals surface area contributed by atoms with Crippen molar-refractivity contribution in [3.05, 3.63) is 41.6 Å². The maximum absolute atomic E-state index is 13.2. The molecule has 0 spiro atoms. The molecule has 1 aliphatic carbocycles. The summed E-state index contributed by atoms with van der Waals surface area (Å²) in [6, 6.07) is 5.40. The predicted octanol–water partition coefficient (Wildman–Crippen LogP) is 4.00. The van der Waals surface area contributed by atoms with Crippen LogP contribution in [0.1, 0.15) is 35.2 Å². The number of amides is 1. The second-order valence-corrected chi connectivity index (χ2v) is 8.02. The van der Waals surface area contributed by atoms with Crippen LogP contribution in [0, 0.1) is 11.8 Å². The van der Waals surface area contributed by atoms with Gasteiger partial charge in [-0.1, -0.05) is 12.1 Å². The average molecular weight is 477 g/mol. The van der Waals surface area contributed by atoms with Gasteiger partial charge < -0.3 is 15.7 Å². The van der Waals surface area contributed by atoms with Gasteiger partial charge in [-0.05, 0) is 56.3 Å². The summed E-state index contributed by atoms with van der Waals surface area (Å²) in [6.45, 7) is 2.10. The SMILES string of the molecule is O=C(NC1CC(C2CCNC2)C1)c1ccnc2c(C(F)(F)F)cccc12.O=C(O)C(F)(F)F. The molecule has 0 bridgehead atoms. The summed E-state index contributed by atoms with van der Waals surface area (Å²) in [5, 5.41) is 13.7. The first-order valence-electron chi connectivity index (χ1n) is 10.1. The highest BCUT2D eigenvalue weighted by molar-refractivity contribution is 6.06. The molecule has 1 atom stereocenters. The number of hydrogen-bond acceptors (Lipinski definition) is 4. The molecule has 2 heterocycles. The largest absolute Gasteiger partial charge is 0.490 e. The third-order valence-corrected chi connectivity index (χ3v) is 5.84. The summed E-state index contributed by atoms with van der Waals surface area (Å²) >= 11 is 0. The molecule has 3 N–H and O–H groups in total. The van der Waals surface area contributed by atoms with Crippen molar-refractivity contribution in [1.29, 1.82) is 0 Å². The van der Waals surface area contributed by atoms with Gasteiger partial charge >= 0.3 is 18.3 Å². The summed E-state index contributed by atoms with van der Waals surface area (Å²) in [4.78, 5) is 25.4. The van der Waals surface area contributed by atoms with E-state index in [0.717, 1.165) is 32.0 Å². The maximum atomic E-state index is 13.2. The van der Waals surface area contributed by atoms with E-state index in [-0.39, 0.29) is 28.4 Å². The lowest BCUT2D eigenvalue weighted by Crippen LogP contribution is -2.46. The maximum Gasteiger partial charge on any atom is 0.490 e. The van der Waals surface area contributed by atoms with Gasteiger partial charge in [0.2, 0.25) is 0 Å². The van der Waals surface area contributed by atoms with Gasteiger partial charge in [0.25, 0.3) is 5.91 Å². The lowest BCUT2D eigenvalue weighted by molar-refractivity contribution is -0.192. The fourth-order valence-electron chi connectivity index (χ4n) is 4.11. The first kappa shape index (κ1) is 24.7. The van der Waals surface area contributed by atoms with Crippen molar-refractivity contribution in [1.82, 2.24) is 15.6 Å². The molecule has 12 heteroatoms. The highest BCUT2D eigenvalue weighted by Crippen LogP contribution is 2.37. The average Bonchev–Trinajstić information content (AvgIpc) is 3.22. The van der Waals surface area contributed by atoms with Crippen molar-refractivity contribution >= 4 is 22.8 Å². The molecule has 0 radical (unpaired) electrons. The van der Waals surface area contributed by atoms with E-state index in [1.807, 2.05) is 0 Å². The van der Waals surface area contributed by atoms with Gasteiger partial charge in [0.05, 0.1) is 16.6 Å². The molecule has 180 valence electrons. The number of carboxylic acids is 1. The Labute approximate surface area is 184 Å². The second-order valence-electron chi connectivity index (χ2n) is 8.02. The Bertz CT molecular complexity index is 1010. The van der Waals surface area contributed by atoms with Crippen molar-refractivity contribution in [2.75, 3.05) is 13.1 Å². The second kappa shape index (κ2) is 9.54. The molecule has 4 rings (SSSR count). The minimum atomic E-state index is -5.08. The minimum absolute atomic E-state index is 0.0992. The number of carboxylic acid groups (broad SMARTS) is 1. The van der Waals surface area contributed by atoms with E-state index in [1.54, 1.807) is 0 Å². The molecule has 1 saturated heterocycles. The number of pyridine rings is 1. The summed E-state index contributed by atoms with van der Waals surface area (Å²) in [5.74, 6) is -1.78. The Kier molecular flexibility index (Phi) is 7.15. The minimum Gasteiger partial charge on any atom is -0.475 e. The number of benzene rings is 1. The van der Waals surface area contributed by atoms with Crippen LogP contribution in [-0.2, 0) is 11.0 Å². The molecule has 2 aliphatic rings. The number of nitrogens with one attached hydrogen (secondary N) is 2. The molecule has 1 aliphatic heterocycles. The number of para-hydroxylation sites is 1. The van der Waals surface area contributed by atoms with Gasteiger partial charge in [-0.2, -0.15) is 26.3 Å². The van der Waals surface area contributed by atoms with E-state index in [9.17, 15) is 31.1 Å². The predicted molar refractivity (Wildman–Crippen MR) is 105 cm³/mol. The van der Waals surface area contributed by atoms with Crippen LogP contribution in [0.3, 0.4) is 0 Å². The number of halogens is 6. The fraction of sp³-hybridized carbons (Fsp3) is 0.476. The van der Waals surface area contributed by atoms with Gasteiger partial charge in [0.15, 0.2) is 0 Å². The highest BCUT2D eigenvalue weighted by atomic mass is 19.4. The fourth-order valence-corrected chi connectivity index (χ4v) is 4.11. The Morgan fingerprint density at radius 2 is 1.73 bits per heavy atom. The quantitative estimate of drug-likeness (QED) is 0.582. The number of aromatic nitrogens is 1. The molecule has 1 amide bonds. The Morgan fingerprint density at radius 1 is 1.06 bits per heavy atom. The summed E-state index contributed by atoms with van der Waals surface area (Å²) < 4.78 is 71.2. The molecule has 2 fully saturated rings. The van der Waals surface area contributed by atoms with Gasteiger partial charge in [-0.25, -0.2) is 4.79 Å². The number of carbonyl (C=O) groups is 2. The number of hydrogen-bond donors (Lipinski definition) is 3. The molecule has 2 aromatic rings. The van der Waals surface area contributed by atoms with Crippen molar-refractivity contribution in [3.8, 4) is 0 Å². The van der Waals surface area contributed by atoms with Gasteiger partial charge in [0.1, 0.15) is 0 Å². The molecule has 1 aromatic heterocycles. The van der Waals surface area contributed by atoms with Crippen molar-refractivity contribution < 1.29 is 41.0 Å². The van der Waals surface area contributed by atoms with E-state index < -0.39 is 23.9 Å².